The van der Waals surface area contributed by atoms with E-state index >= 15 is 0 Å². The van der Waals surface area contributed by atoms with Gasteiger partial charge < -0.3 is 19.9 Å². The van der Waals surface area contributed by atoms with E-state index in [2.05, 4.69) is 4.90 Å². The highest BCUT2D eigenvalue weighted by atomic mass is 16.6. The Hall–Kier alpha value is -1.95. The van der Waals surface area contributed by atoms with Gasteiger partial charge in [0.1, 0.15) is 13.2 Å². The van der Waals surface area contributed by atoms with E-state index in [1.165, 1.54) is 0 Å². The summed E-state index contributed by atoms with van der Waals surface area (Å²) >= 11 is 0. The van der Waals surface area contributed by atoms with Crippen LogP contribution in [0.15, 0.2) is 12.1 Å². The average molecular weight is 306 g/mol. The van der Waals surface area contributed by atoms with E-state index in [0.29, 0.717) is 37.1 Å². The highest BCUT2D eigenvalue weighted by Crippen LogP contribution is 2.40. The third-order valence-electron chi connectivity index (χ3n) is 4.15. The number of benzene rings is 1. The zero-order chi connectivity index (χ0) is 15.5. The SMILES string of the molecule is COc1cc(CN2CCC(CC(N)=O)C2)cc2c1OCCO2. The molecular formula is C16H22N2O4. The third kappa shape index (κ3) is 3.27. The summed E-state index contributed by atoms with van der Waals surface area (Å²) < 4.78 is 16.7. The van der Waals surface area contributed by atoms with Crippen LogP contribution < -0.4 is 19.9 Å². The molecule has 0 bridgehead atoms. The Kier molecular flexibility index (Phi) is 4.38. The molecule has 1 saturated heterocycles. The molecule has 6 nitrogen and oxygen atoms in total. The number of nitrogens with two attached hydrogens (primary N) is 1. The first-order valence-corrected chi connectivity index (χ1v) is 7.63. The van der Waals surface area contributed by atoms with E-state index in [0.717, 1.165) is 37.4 Å². The van der Waals surface area contributed by atoms with Crippen LogP contribution in [0.25, 0.3) is 0 Å². The number of fused-ring (bicyclic) bond motifs is 1. The van der Waals surface area contributed by atoms with Crippen LogP contribution in [0, 0.1) is 5.92 Å². The third-order valence-corrected chi connectivity index (χ3v) is 4.15. The molecule has 0 aromatic heterocycles. The zero-order valence-corrected chi connectivity index (χ0v) is 12.8. The Morgan fingerprint density at radius 2 is 2.23 bits per heavy atom. The molecule has 0 aliphatic carbocycles. The van der Waals surface area contributed by atoms with Crippen LogP contribution in [0.5, 0.6) is 17.2 Å². The van der Waals surface area contributed by atoms with Crippen molar-refractivity contribution in [1.29, 1.82) is 0 Å². The highest BCUT2D eigenvalue weighted by Gasteiger charge is 2.25. The predicted octanol–water partition coefficient (Wildman–Crippen LogP) is 1.16. The number of rotatable bonds is 5. The molecule has 0 spiro atoms. The smallest absolute Gasteiger partial charge is 0.217 e. The lowest BCUT2D eigenvalue weighted by Gasteiger charge is -2.23. The summed E-state index contributed by atoms with van der Waals surface area (Å²) in [7, 11) is 1.64. The number of hydrogen-bond donors (Lipinski definition) is 1. The molecule has 2 heterocycles. The molecule has 0 radical (unpaired) electrons. The maximum atomic E-state index is 11.0. The summed E-state index contributed by atoms with van der Waals surface area (Å²) in [5, 5.41) is 0. The fourth-order valence-corrected chi connectivity index (χ4v) is 3.18. The van der Waals surface area contributed by atoms with Crippen LogP contribution in [0.4, 0.5) is 0 Å². The van der Waals surface area contributed by atoms with Crippen LogP contribution in [-0.2, 0) is 11.3 Å². The number of ether oxygens (including phenoxy) is 3. The molecule has 3 rings (SSSR count). The molecule has 6 heteroatoms. The standard InChI is InChI=1S/C16H22N2O4/c1-20-13-6-12(7-14-16(13)22-5-4-21-14)10-18-3-2-11(9-18)8-15(17)19/h6-7,11H,2-5,8-10H2,1H3,(H2,17,19). The Bertz CT molecular complexity index is 544. The van der Waals surface area contributed by atoms with Crippen molar-refractivity contribution in [2.45, 2.75) is 19.4 Å². The minimum atomic E-state index is -0.215. The molecule has 1 atom stereocenters. The Balaban J connectivity index is 1.69. The molecular weight excluding hydrogens is 284 g/mol. The first-order chi connectivity index (χ1) is 10.7. The van der Waals surface area contributed by atoms with Crippen molar-refractivity contribution in [3.8, 4) is 17.2 Å². The second-order valence-electron chi connectivity index (χ2n) is 5.88. The summed E-state index contributed by atoms with van der Waals surface area (Å²) in [4.78, 5) is 13.4. The molecule has 1 amide bonds. The molecule has 1 aromatic carbocycles. The molecule has 22 heavy (non-hydrogen) atoms. The van der Waals surface area contributed by atoms with Crippen LogP contribution in [0.1, 0.15) is 18.4 Å². The van der Waals surface area contributed by atoms with Gasteiger partial charge in [0.25, 0.3) is 0 Å². The van der Waals surface area contributed by atoms with Crippen LogP contribution >= 0.6 is 0 Å². The normalized spacial score (nSPS) is 20.9. The maximum absolute atomic E-state index is 11.0. The Labute approximate surface area is 130 Å². The Morgan fingerprint density at radius 3 is 3.00 bits per heavy atom. The van der Waals surface area contributed by atoms with Gasteiger partial charge in [-0.2, -0.15) is 0 Å². The van der Waals surface area contributed by atoms with E-state index in [4.69, 9.17) is 19.9 Å². The summed E-state index contributed by atoms with van der Waals surface area (Å²) in [6.07, 6.45) is 1.49. The van der Waals surface area contributed by atoms with E-state index < -0.39 is 0 Å². The number of amides is 1. The van der Waals surface area contributed by atoms with Crippen molar-refractivity contribution in [3.05, 3.63) is 17.7 Å². The van der Waals surface area contributed by atoms with Gasteiger partial charge in [0.15, 0.2) is 11.5 Å². The summed E-state index contributed by atoms with van der Waals surface area (Å²) in [6.45, 7) is 3.80. The highest BCUT2D eigenvalue weighted by molar-refractivity contribution is 5.74. The van der Waals surface area contributed by atoms with Crippen LogP contribution in [0.2, 0.25) is 0 Å². The number of carbonyl (C=O) groups is 1. The monoisotopic (exact) mass is 306 g/mol. The number of nitrogens with zero attached hydrogens (tertiary/aromatic N) is 1. The lowest BCUT2D eigenvalue weighted by molar-refractivity contribution is -0.118. The fraction of sp³-hybridized carbons (Fsp3) is 0.562. The largest absolute Gasteiger partial charge is 0.493 e. The van der Waals surface area contributed by atoms with Crippen molar-refractivity contribution >= 4 is 5.91 Å². The van der Waals surface area contributed by atoms with Crippen molar-refractivity contribution in [1.82, 2.24) is 4.90 Å². The summed E-state index contributed by atoms with van der Waals surface area (Å²) in [5.41, 5.74) is 6.41. The van der Waals surface area contributed by atoms with E-state index in [1.54, 1.807) is 7.11 Å². The second-order valence-corrected chi connectivity index (χ2v) is 5.88. The van der Waals surface area contributed by atoms with E-state index in [-0.39, 0.29) is 5.91 Å². The van der Waals surface area contributed by atoms with Gasteiger partial charge in [-0.25, -0.2) is 0 Å². The lowest BCUT2D eigenvalue weighted by atomic mass is 10.1. The maximum Gasteiger partial charge on any atom is 0.217 e. The second kappa shape index (κ2) is 6.44. The van der Waals surface area contributed by atoms with Gasteiger partial charge in [0.05, 0.1) is 7.11 Å². The van der Waals surface area contributed by atoms with Gasteiger partial charge in [-0.3, -0.25) is 9.69 Å². The quantitative estimate of drug-likeness (QED) is 0.884. The lowest BCUT2D eigenvalue weighted by Crippen LogP contribution is -2.23. The molecule has 1 fully saturated rings. The van der Waals surface area contributed by atoms with Crippen molar-refractivity contribution < 1.29 is 19.0 Å². The minimum absolute atomic E-state index is 0.215. The van der Waals surface area contributed by atoms with Crippen molar-refractivity contribution in [2.24, 2.45) is 11.7 Å². The molecule has 2 aliphatic rings. The average Bonchev–Trinajstić information content (AvgIpc) is 2.92. The zero-order valence-electron chi connectivity index (χ0n) is 12.8. The van der Waals surface area contributed by atoms with E-state index in [1.807, 2.05) is 12.1 Å². The number of methoxy groups -OCH3 is 1. The summed E-state index contributed by atoms with van der Waals surface area (Å²) in [6, 6.07) is 4.01. The van der Waals surface area contributed by atoms with Gasteiger partial charge in [-0.1, -0.05) is 0 Å². The van der Waals surface area contributed by atoms with Gasteiger partial charge in [-0.05, 0) is 36.6 Å². The van der Waals surface area contributed by atoms with Gasteiger partial charge in [0, 0.05) is 19.5 Å². The number of hydrogen-bond acceptors (Lipinski definition) is 5. The molecule has 0 saturated carbocycles. The number of carbonyl (C=O) groups excluding carboxylic acids is 1. The number of primary amides is 1. The minimum Gasteiger partial charge on any atom is -0.493 e. The topological polar surface area (TPSA) is 74.0 Å². The predicted molar refractivity (Wildman–Crippen MR) is 81.2 cm³/mol. The molecule has 1 aromatic rings. The number of likely N-dealkylation sites (tertiary alicyclic amines) is 1. The van der Waals surface area contributed by atoms with Gasteiger partial charge in [-0.15, -0.1) is 0 Å². The first kappa shape index (κ1) is 15.0. The Morgan fingerprint density at radius 1 is 1.41 bits per heavy atom. The molecule has 2 N–H and O–H groups in total. The molecule has 2 aliphatic heterocycles. The fourth-order valence-electron chi connectivity index (χ4n) is 3.18. The first-order valence-electron chi connectivity index (χ1n) is 7.63. The van der Waals surface area contributed by atoms with Gasteiger partial charge >= 0.3 is 0 Å². The molecule has 1 unspecified atom stereocenters. The summed E-state index contributed by atoms with van der Waals surface area (Å²) in [5.74, 6) is 2.29. The van der Waals surface area contributed by atoms with Crippen LogP contribution in [0.3, 0.4) is 0 Å². The van der Waals surface area contributed by atoms with Gasteiger partial charge in [0.2, 0.25) is 11.7 Å². The van der Waals surface area contributed by atoms with E-state index in [9.17, 15) is 4.79 Å². The van der Waals surface area contributed by atoms with Crippen LogP contribution in [-0.4, -0.2) is 44.2 Å². The van der Waals surface area contributed by atoms with Crippen molar-refractivity contribution in [2.75, 3.05) is 33.4 Å². The molecule has 120 valence electrons. The van der Waals surface area contributed by atoms with Crippen molar-refractivity contribution in [3.63, 3.8) is 0 Å².